The fourth-order valence-electron chi connectivity index (χ4n) is 2.01. The van der Waals surface area contributed by atoms with Gasteiger partial charge >= 0.3 is 5.97 Å². The van der Waals surface area contributed by atoms with Crippen LogP contribution in [0.5, 0.6) is 5.75 Å². The minimum Gasteiger partial charge on any atom is -0.482 e. The standard InChI is InChI=1S/C17H18N2O6S/c1-2-24-16(20)11-25-14-5-3-4-13(10-14)19-26(22,23)15-8-6-12(7-9-15)17(18)21/h3-10,19H,2,11H2,1H3,(H2,18,21). The second kappa shape index (κ2) is 8.34. The summed E-state index contributed by atoms with van der Waals surface area (Å²) in [7, 11) is -3.86. The Hall–Kier alpha value is -3.07. The van der Waals surface area contributed by atoms with Crippen molar-refractivity contribution in [3.8, 4) is 5.75 Å². The van der Waals surface area contributed by atoms with Crippen LogP contribution < -0.4 is 15.2 Å². The summed E-state index contributed by atoms with van der Waals surface area (Å²) in [6.45, 7) is 1.65. The predicted octanol–water partition coefficient (Wildman–Crippen LogP) is 1.53. The molecule has 0 bridgehead atoms. The molecule has 0 unspecified atom stereocenters. The maximum absolute atomic E-state index is 12.4. The average molecular weight is 378 g/mol. The van der Waals surface area contributed by atoms with Crippen molar-refractivity contribution < 1.29 is 27.5 Å². The van der Waals surface area contributed by atoms with Gasteiger partial charge in [-0.2, -0.15) is 0 Å². The van der Waals surface area contributed by atoms with Gasteiger partial charge in [-0.05, 0) is 43.3 Å². The van der Waals surface area contributed by atoms with E-state index in [-0.39, 0.29) is 29.4 Å². The third-order valence-electron chi connectivity index (χ3n) is 3.20. The van der Waals surface area contributed by atoms with E-state index in [4.69, 9.17) is 15.2 Å². The first kappa shape index (κ1) is 19.3. The van der Waals surface area contributed by atoms with Gasteiger partial charge in [-0.25, -0.2) is 13.2 Å². The second-order valence-corrected chi connectivity index (χ2v) is 6.80. The number of carbonyl (C=O) groups is 2. The molecule has 0 radical (unpaired) electrons. The molecule has 0 atom stereocenters. The minimum atomic E-state index is -3.86. The molecular formula is C17H18N2O6S. The van der Waals surface area contributed by atoms with Crippen molar-refractivity contribution >= 4 is 27.6 Å². The van der Waals surface area contributed by atoms with Crippen LogP contribution in [0.3, 0.4) is 0 Å². The van der Waals surface area contributed by atoms with Gasteiger partial charge in [0.1, 0.15) is 5.75 Å². The van der Waals surface area contributed by atoms with Gasteiger partial charge in [0, 0.05) is 11.6 Å². The molecule has 0 saturated carbocycles. The minimum absolute atomic E-state index is 0.0275. The number of sulfonamides is 1. The SMILES string of the molecule is CCOC(=O)COc1cccc(NS(=O)(=O)c2ccc(C(N)=O)cc2)c1. The zero-order valence-corrected chi connectivity index (χ0v) is 14.8. The summed E-state index contributed by atoms with van der Waals surface area (Å²) in [5.41, 5.74) is 5.59. The monoisotopic (exact) mass is 378 g/mol. The number of primary amides is 1. The lowest BCUT2D eigenvalue weighted by molar-refractivity contribution is -0.145. The summed E-state index contributed by atoms with van der Waals surface area (Å²) in [5.74, 6) is -0.858. The molecule has 138 valence electrons. The Morgan fingerprint density at radius 1 is 1.12 bits per heavy atom. The summed E-state index contributed by atoms with van der Waals surface area (Å²) in [6.07, 6.45) is 0. The lowest BCUT2D eigenvalue weighted by atomic mass is 10.2. The number of nitrogens with two attached hydrogens (primary N) is 1. The molecule has 2 rings (SSSR count). The Morgan fingerprint density at radius 2 is 1.81 bits per heavy atom. The summed E-state index contributed by atoms with van der Waals surface area (Å²) in [5, 5.41) is 0. The Bertz CT molecular complexity index is 894. The van der Waals surface area contributed by atoms with Gasteiger partial charge in [-0.1, -0.05) is 6.07 Å². The molecule has 0 saturated heterocycles. The van der Waals surface area contributed by atoms with E-state index in [1.807, 2.05) is 0 Å². The molecule has 8 nitrogen and oxygen atoms in total. The zero-order valence-electron chi connectivity index (χ0n) is 14.0. The number of hydrogen-bond donors (Lipinski definition) is 2. The topological polar surface area (TPSA) is 125 Å². The molecule has 3 N–H and O–H groups in total. The van der Waals surface area contributed by atoms with Gasteiger partial charge in [0.2, 0.25) is 5.91 Å². The molecule has 0 fully saturated rings. The van der Waals surface area contributed by atoms with Gasteiger partial charge in [-0.15, -0.1) is 0 Å². The van der Waals surface area contributed by atoms with Gasteiger partial charge < -0.3 is 15.2 Å². The van der Waals surface area contributed by atoms with Crippen molar-refractivity contribution in [1.82, 2.24) is 0 Å². The van der Waals surface area contributed by atoms with Crippen LogP contribution in [0.25, 0.3) is 0 Å². The van der Waals surface area contributed by atoms with Crippen LogP contribution in [0.2, 0.25) is 0 Å². The summed E-state index contributed by atoms with van der Waals surface area (Å²) < 4.78 is 37.2. The van der Waals surface area contributed by atoms with Crippen LogP contribution in [0.4, 0.5) is 5.69 Å². The van der Waals surface area contributed by atoms with Gasteiger partial charge in [0.15, 0.2) is 6.61 Å². The van der Waals surface area contributed by atoms with Crippen molar-refractivity contribution in [1.29, 1.82) is 0 Å². The molecule has 0 spiro atoms. The number of nitrogens with one attached hydrogen (secondary N) is 1. The van der Waals surface area contributed by atoms with Crippen molar-refractivity contribution in [3.05, 3.63) is 54.1 Å². The number of hydrogen-bond acceptors (Lipinski definition) is 6. The van der Waals surface area contributed by atoms with E-state index >= 15 is 0 Å². The van der Waals surface area contributed by atoms with E-state index in [9.17, 15) is 18.0 Å². The fourth-order valence-corrected chi connectivity index (χ4v) is 3.06. The molecule has 0 heterocycles. The van der Waals surface area contributed by atoms with E-state index in [0.29, 0.717) is 5.75 Å². The van der Waals surface area contributed by atoms with Crippen LogP contribution in [-0.4, -0.2) is 33.5 Å². The Labute approximate surface area is 151 Å². The van der Waals surface area contributed by atoms with E-state index in [1.54, 1.807) is 19.1 Å². The van der Waals surface area contributed by atoms with Gasteiger partial charge in [0.05, 0.1) is 17.2 Å². The largest absolute Gasteiger partial charge is 0.482 e. The van der Waals surface area contributed by atoms with Gasteiger partial charge in [0.25, 0.3) is 10.0 Å². The maximum atomic E-state index is 12.4. The predicted molar refractivity (Wildman–Crippen MR) is 94.3 cm³/mol. The fraction of sp³-hybridized carbons (Fsp3) is 0.176. The Balaban J connectivity index is 2.10. The number of ether oxygens (including phenoxy) is 2. The number of benzene rings is 2. The molecule has 1 amide bonds. The van der Waals surface area contributed by atoms with Crippen LogP contribution in [0, 0.1) is 0 Å². The summed E-state index contributed by atoms with van der Waals surface area (Å²) >= 11 is 0. The van der Waals surface area contributed by atoms with Gasteiger partial charge in [-0.3, -0.25) is 9.52 Å². The van der Waals surface area contributed by atoms with Crippen molar-refractivity contribution in [2.45, 2.75) is 11.8 Å². The van der Waals surface area contributed by atoms with Crippen molar-refractivity contribution in [3.63, 3.8) is 0 Å². The smallest absolute Gasteiger partial charge is 0.344 e. The van der Waals surface area contributed by atoms with E-state index in [0.717, 1.165) is 0 Å². The zero-order chi connectivity index (χ0) is 19.2. The lowest BCUT2D eigenvalue weighted by Gasteiger charge is -2.10. The molecule has 0 aliphatic carbocycles. The van der Waals surface area contributed by atoms with E-state index < -0.39 is 21.9 Å². The average Bonchev–Trinajstić information content (AvgIpc) is 2.60. The molecule has 0 aliphatic rings. The number of esters is 1. The number of anilines is 1. The molecule has 2 aromatic carbocycles. The van der Waals surface area contributed by atoms with Crippen molar-refractivity contribution in [2.24, 2.45) is 5.73 Å². The lowest BCUT2D eigenvalue weighted by Crippen LogP contribution is -2.15. The van der Waals surface area contributed by atoms with Crippen LogP contribution in [-0.2, 0) is 19.6 Å². The molecule has 9 heteroatoms. The maximum Gasteiger partial charge on any atom is 0.344 e. The van der Waals surface area contributed by atoms with E-state index in [1.165, 1.54) is 36.4 Å². The van der Waals surface area contributed by atoms with Crippen LogP contribution in [0.15, 0.2) is 53.4 Å². The number of amides is 1. The molecular weight excluding hydrogens is 360 g/mol. The van der Waals surface area contributed by atoms with E-state index in [2.05, 4.69) is 4.72 Å². The molecule has 0 aliphatic heterocycles. The first-order valence-corrected chi connectivity index (χ1v) is 9.11. The normalized spacial score (nSPS) is 10.8. The number of carbonyl (C=O) groups excluding carboxylic acids is 2. The molecule has 0 aromatic heterocycles. The Morgan fingerprint density at radius 3 is 2.42 bits per heavy atom. The highest BCUT2D eigenvalue weighted by Gasteiger charge is 2.15. The third-order valence-corrected chi connectivity index (χ3v) is 4.59. The van der Waals surface area contributed by atoms with Crippen LogP contribution >= 0.6 is 0 Å². The quantitative estimate of drug-likeness (QED) is 0.671. The summed E-state index contributed by atoms with van der Waals surface area (Å²) in [4.78, 5) is 22.3. The highest BCUT2D eigenvalue weighted by Crippen LogP contribution is 2.21. The first-order valence-electron chi connectivity index (χ1n) is 7.63. The Kier molecular flexibility index (Phi) is 6.18. The summed E-state index contributed by atoms with van der Waals surface area (Å²) in [6, 6.07) is 11.4. The highest BCUT2D eigenvalue weighted by atomic mass is 32.2. The molecule has 26 heavy (non-hydrogen) atoms. The number of rotatable bonds is 8. The van der Waals surface area contributed by atoms with Crippen molar-refractivity contribution in [2.75, 3.05) is 17.9 Å². The molecule has 2 aromatic rings. The second-order valence-electron chi connectivity index (χ2n) is 5.12. The third kappa shape index (κ3) is 5.21. The highest BCUT2D eigenvalue weighted by molar-refractivity contribution is 7.92. The first-order chi connectivity index (χ1) is 12.3. The van der Waals surface area contributed by atoms with Crippen LogP contribution in [0.1, 0.15) is 17.3 Å².